The standard InChI is InChI=1S/C14H17NO5/c16-12-7-11(10(12)6-13(17)18)15-14(19)20-8-9-4-2-1-3-5-9/h1-5,10-12,16H,6-8H2,(H,15,19)(H,17,18). The number of aliphatic carboxylic acids is 1. The lowest BCUT2D eigenvalue weighted by Gasteiger charge is -2.40. The molecule has 1 aliphatic carbocycles. The van der Waals surface area contributed by atoms with Gasteiger partial charge >= 0.3 is 12.1 Å². The Morgan fingerprint density at radius 2 is 2.00 bits per heavy atom. The number of carbonyl (C=O) groups excluding carboxylic acids is 1. The van der Waals surface area contributed by atoms with Crippen LogP contribution in [0.3, 0.4) is 0 Å². The normalized spacial score (nSPS) is 24.6. The van der Waals surface area contributed by atoms with Crippen LogP contribution in [0.4, 0.5) is 4.79 Å². The quantitative estimate of drug-likeness (QED) is 0.751. The van der Waals surface area contributed by atoms with Crippen molar-refractivity contribution >= 4 is 12.1 Å². The summed E-state index contributed by atoms with van der Waals surface area (Å²) in [4.78, 5) is 22.2. The van der Waals surface area contributed by atoms with Gasteiger partial charge in [0.05, 0.1) is 12.5 Å². The SMILES string of the molecule is O=C(O)CC1C(O)CC1NC(=O)OCc1ccccc1. The van der Waals surface area contributed by atoms with Crippen LogP contribution in [0, 0.1) is 5.92 Å². The summed E-state index contributed by atoms with van der Waals surface area (Å²) in [5, 5.41) is 20.8. The average Bonchev–Trinajstić information content (AvgIpc) is 2.43. The molecule has 1 aromatic carbocycles. The van der Waals surface area contributed by atoms with Gasteiger partial charge in [0, 0.05) is 12.0 Å². The fourth-order valence-corrected chi connectivity index (χ4v) is 2.24. The molecule has 108 valence electrons. The number of ether oxygens (including phenoxy) is 1. The van der Waals surface area contributed by atoms with E-state index in [9.17, 15) is 14.7 Å². The zero-order valence-electron chi connectivity index (χ0n) is 10.9. The lowest BCUT2D eigenvalue weighted by Crippen LogP contribution is -2.56. The number of carbonyl (C=O) groups is 2. The second kappa shape index (κ2) is 6.38. The highest BCUT2D eigenvalue weighted by Crippen LogP contribution is 2.31. The molecule has 1 fully saturated rings. The van der Waals surface area contributed by atoms with E-state index in [-0.39, 0.29) is 19.1 Å². The molecule has 3 atom stereocenters. The van der Waals surface area contributed by atoms with Gasteiger partial charge in [0.1, 0.15) is 6.61 Å². The van der Waals surface area contributed by atoms with Crippen LogP contribution in [0.2, 0.25) is 0 Å². The summed E-state index contributed by atoms with van der Waals surface area (Å²) >= 11 is 0. The predicted molar refractivity (Wildman–Crippen MR) is 69.9 cm³/mol. The molecule has 3 unspecified atom stereocenters. The molecule has 1 aliphatic rings. The Hall–Kier alpha value is -2.08. The Labute approximate surface area is 116 Å². The lowest BCUT2D eigenvalue weighted by atomic mass is 9.74. The van der Waals surface area contributed by atoms with E-state index in [1.165, 1.54) is 0 Å². The summed E-state index contributed by atoms with van der Waals surface area (Å²) < 4.78 is 5.04. The highest BCUT2D eigenvalue weighted by atomic mass is 16.5. The predicted octanol–water partition coefficient (Wildman–Crippen LogP) is 1.14. The second-order valence-corrected chi connectivity index (χ2v) is 4.88. The molecule has 0 aliphatic heterocycles. The number of aliphatic hydroxyl groups is 1. The first-order valence-corrected chi connectivity index (χ1v) is 6.43. The fourth-order valence-electron chi connectivity index (χ4n) is 2.24. The number of carboxylic acid groups (broad SMARTS) is 1. The van der Waals surface area contributed by atoms with Crippen molar-refractivity contribution in [2.24, 2.45) is 5.92 Å². The molecule has 6 heteroatoms. The molecule has 3 N–H and O–H groups in total. The van der Waals surface area contributed by atoms with E-state index in [0.717, 1.165) is 5.56 Å². The number of rotatable bonds is 5. The van der Waals surface area contributed by atoms with E-state index in [2.05, 4.69) is 5.32 Å². The molecular formula is C14H17NO5. The smallest absolute Gasteiger partial charge is 0.407 e. The van der Waals surface area contributed by atoms with Gasteiger partial charge in [-0.1, -0.05) is 30.3 Å². The third-order valence-corrected chi connectivity index (χ3v) is 3.43. The maximum absolute atomic E-state index is 11.6. The molecule has 1 amide bonds. The van der Waals surface area contributed by atoms with Crippen molar-refractivity contribution in [1.82, 2.24) is 5.32 Å². The zero-order valence-corrected chi connectivity index (χ0v) is 10.9. The maximum atomic E-state index is 11.6. The molecule has 1 saturated carbocycles. The number of amides is 1. The summed E-state index contributed by atoms with van der Waals surface area (Å²) in [7, 11) is 0. The molecule has 0 spiro atoms. The van der Waals surface area contributed by atoms with Crippen LogP contribution >= 0.6 is 0 Å². The van der Waals surface area contributed by atoms with Crippen LogP contribution in [-0.2, 0) is 16.1 Å². The van der Waals surface area contributed by atoms with Crippen molar-refractivity contribution in [2.45, 2.75) is 31.6 Å². The maximum Gasteiger partial charge on any atom is 0.407 e. The lowest BCUT2D eigenvalue weighted by molar-refractivity contribution is -0.142. The van der Waals surface area contributed by atoms with Crippen LogP contribution in [0.1, 0.15) is 18.4 Å². The van der Waals surface area contributed by atoms with Gasteiger partial charge in [-0.2, -0.15) is 0 Å². The van der Waals surface area contributed by atoms with Gasteiger partial charge in [-0.25, -0.2) is 4.79 Å². The first-order chi connectivity index (χ1) is 9.56. The molecule has 0 radical (unpaired) electrons. The molecule has 20 heavy (non-hydrogen) atoms. The fraction of sp³-hybridized carbons (Fsp3) is 0.429. The van der Waals surface area contributed by atoms with E-state index in [1.54, 1.807) is 0 Å². The number of aliphatic hydroxyl groups excluding tert-OH is 1. The largest absolute Gasteiger partial charge is 0.481 e. The number of carboxylic acids is 1. The highest BCUT2D eigenvalue weighted by molar-refractivity contribution is 5.69. The topological polar surface area (TPSA) is 95.9 Å². The van der Waals surface area contributed by atoms with Gasteiger partial charge in [-0.15, -0.1) is 0 Å². The summed E-state index contributed by atoms with van der Waals surface area (Å²) in [6.07, 6.45) is -1.07. The van der Waals surface area contributed by atoms with Crippen molar-refractivity contribution in [3.05, 3.63) is 35.9 Å². The molecule has 0 saturated heterocycles. The minimum absolute atomic E-state index is 0.158. The van der Waals surface area contributed by atoms with Crippen molar-refractivity contribution in [3.8, 4) is 0 Å². The first kappa shape index (κ1) is 14.3. The van der Waals surface area contributed by atoms with Gasteiger partial charge in [0.2, 0.25) is 0 Å². The summed E-state index contributed by atoms with van der Waals surface area (Å²) in [6.45, 7) is 0.158. The van der Waals surface area contributed by atoms with E-state index in [0.29, 0.717) is 6.42 Å². The van der Waals surface area contributed by atoms with Crippen molar-refractivity contribution in [2.75, 3.05) is 0 Å². The molecular weight excluding hydrogens is 262 g/mol. The van der Waals surface area contributed by atoms with E-state index in [4.69, 9.17) is 9.84 Å². The molecule has 1 aromatic rings. The Bertz CT molecular complexity index is 476. The van der Waals surface area contributed by atoms with E-state index < -0.39 is 24.1 Å². The number of hydrogen-bond acceptors (Lipinski definition) is 4. The van der Waals surface area contributed by atoms with Crippen LogP contribution in [0.15, 0.2) is 30.3 Å². The van der Waals surface area contributed by atoms with Gasteiger partial charge in [-0.3, -0.25) is 4.79 Å². The van der Waals surface area contributed by atoms with E-state index in [1.807, 2.05) is 30.3 Å². The summed E-state index contributed by atoms with van der Waals surface area (Å²) in [5.41, 5.74) is 0.874. The van der Waals surface area contributed by atoms with E-state index >= 15 is 0 Å². The van der Waals surface area contributed by atoms with Gasteiger partial charge in [0.15, 0.2) is 0 Å². The van der Waals surface area contributed by atoms with Crippen molar-refractivity contribution in [1.29, 1.82) is 0 Å². The minimum atomic E-state index is -0.988. The van der Waals surface area contributed by atoms with Crippen LogP contribution < -0.4 is 5.32 Å². The highest BCUT2D eigenvalue weighted by Gasteiger charge is 2.42. The third-order valence-electron chi connectivity index (χ3n) is 3.43. The Morgan fingerprint density at radius 3 is 2.60 bits per heavy atom. The molecule has 6 nitrogen and oxygen atoms in total. The van der Waals surface area contributed by atoms with Gasteiger partial charge in [0.25, 0.3) is 0 Å². The Kier molecular flexibility index (Phi) is 4.57. The average molecular weight is 279 g/mol. The first-order valence-electron chi connectivity index (χ1n) is 6.43. The zero-order chi connectivity index (χ0) is 14.5. The Balaban J connectivity index is 1.76. The molecule has 0 aromatic heterocycles. The van der Waals surface area contributed by atoms with Crippen molar-refractivity contribution in [3.63, 3.8) is 0 Å². The summed E-state index contributed by atoms with van der Waals surface area (Å²) in [5.74, 6) is -1.44. The second-order valence-electron chi connectivity index (χ2n) is 4.88. The van der Waals surface area contributed by atoms with Crippen LogP contribution in [-0.4, -0.2) is 34.4 Å². The Morgan fingerprint density at radius 1 is 1.30 bits per heavy atom. The van der Waals surface area contributed by atoms with Crippen LogP contribution in [0.25, 0.3) is 0 Å². The number of nitrogens with one attached hydrogen (secondary N) is 1. The van der Waals surface area contributed by atoms with Gasteiger partial charge in [-0.05, 0) is 12.0 Å². The molecule has 2 rings (SSSR count). The monoisotopic (exact) mass is 279 g/mol. The summed E-state index contributed by atoms with van der Waals surface area (Å²) in [6, 6.07) is 8.91. The number of benzene rings is 1. The molecule has 0 bridgehead atoms. The molecule has 0 heterocycles. The number of alkyl carbamates (subject to hydrolysis) is 1. The third kappa shape index (κ3) is 3.71. The van der Waals surface area contributed by atoms with Gasteiger partial charge < -0.3 is 20.3 Å². The van der Waals surface area contributed by atoms with Crippen LogP contribution in [0.5, 0.6) is 0 Å². The number of hydrogen-bond donors (Lipinski definition) is 3. The minimum Gasteiger partial charge on any atom is -0.481 e. The van der Waals surface area contributed by atoms with Crippen molar-refractivity contribution < 1.29 is 24.5 Å².